The van der Waals surface area contributed by atoms with Crippen LogP contribution in [0.25, 0.3) is 11.6 Å². The molecule has 0 bridgehead atoms. The molecule has 10 nitrogen and oxygen atoms in total. The lowest BCUT2D eigenvalue weighted by atomic mass is 9.66. The van der Waals surface area contributed by atoms with E-state index in [0.717, 1.165) is 68.9 Å². The van der Waals surface area contributed by atoms with Crippen molar-refractivity contribution in [3.05, 3.63) is 40.2 Å². The third-order valence-electron chi connectivity index (χ3n) is 9.93. The molecule has 0 aromatic carbocycles. The molecule has 2 aromatic heterocycles. The van der Waals surface area contributed by atoms with Crippen molar-refractivity contribution in [1.82, 2.24) is 25.3 Å². The number of nitrogens with zero attached hydrogens (tertiary/aromatic N) is 6. The summed E-state index contributed by atoms with van der Waals surface area (Å²) in [6, 6.07) is 6.63. The van der Waals surface area contributed by atoms with Gasteiger partial charge in [0, 0.05) is 54.5 Å². The zero-order chi connectivity index (χ0) is 29.6. The number of aromatic nitrogens is 3. The Balaban J connectivity index is 1.37. The molecule has 3 N–H and O–H groups in total. The predicted octanol–water partition coefficient (Wildman–Crippen LogP) is 4.45. The number of ether oxygens (including phenoxy) is 1. The van der Waals surface area contributed by atoms with Gasteiger partial charge < -0.3 is 25.2 Å². The molecule has 224 valence electrons. The molecule has 3 fully saturated rings. The van der Waals surface area contributed by atoms with Crippen molar-refractivity contribution in [3.63, 3.8) is 0 Å². The lowest BCUT2D eigenvalue weighted by molar-refractivity contribution is 0.117. The molecule has 2 aliphatic heterocycles. The summed E-state index contributed by atoms with van der Waals surface area (Å²) < 4.78 is 12.5. The largest absolute Gasteiger partial charge is 0.473 e. The van der Waals surface area contributed by atoms with Crippen LogP contribution in [0, 0.1) is 11.3 Å². The first kappa shape index (κ1) is 28.7. The zero-order valence-corrected chi connectivity index (χ0v) is 25.7. The van der Waals surface area contributed by atoms with Gasteiger partial charge >= 0.3 is 0 Å². The molecule has 3 atom stereocenters. The molecule has 10 heteroatoms. The molecule has 2 aromatic rings. The van der Waals surface area contributed by atoms with E-state index in [9.17, 15) is 5.26 Å². The number of nitriles is 1. The quantitative estimate of drug-likeness (QED) is 0.459. The van der Waals surface area contributed by atoms with Gasteiger partial charge in [0.25, 0.3) is 0 Å². The minimum atomic E-state index is -0.509. The van der Waals surface area contributed by atoms with E-state index < -0.39 is 5.41 Å². The minimum Gasteiger partial charge on any atom is -0.473 e. The van der Waals surface area contributed by atoms with Gasteiger partial charge in [0.15, 0.2) is 0 Å². The summed E-state index contributed by atoms with van der Waals surface area (Å²) in [5.74, 6) is 2.36. The van der Waals surface area contributed by atoms with Gasteiger partial charge in [-0.1, -0.05) is 10.7 Å². The summed E-state index contributed by atoms with van der Waals surface area (Å²) >= 11 is 0. The zero-order valence-electron chi connectivity index (χ0n) is 25.7. The number of anilines is 1. The van der Waals surface area contributed by atoms with Crippen molar-refractivity contribution >= 4 is 5.82 Å². The number of likely N-dealkylation sites (N-methyl/N-ethyl adjacent to an activating group) is 1. The highest BCUT2D eigenvalue weighted by Gasteiger charge is 2.46. The first-order valence-electron chi connectivity index (χ1n) is 15.4. The molecular weight excluding hydrogens is 528 g/mol. The molecule has 4 heterocycles. The monoisotopic (exact) mass is 572 g/mol. The van der Waals surface area contributed by atoms with Gasteiger partial charge in [0.1, 0.15) is 18.0 Å². The fourth-order valence-corrected chi connectivity index (χ4v) is 7.34. The van der Waals surface area contributed by atoms with E-state index in [-0.39, 0.29) is 11.6 Å². The van der Waals surface area contributed by atoms with Crippen molar-refractivity contribution in [2.24, 2.45) is 5.73 Å². The SMILES string of the molecule is CC1=C(/C(C#N)=C(\C)N)[C@@](C)(c2cc(-c3nc(O[C@@H](C)C4CCCN4C)cc(N4CCNC5(CC5)C4)n3)on2)CCC1. The van der Waals surface area contributed by atoms with Gasteiger partial charge in [-0.3, -0.25) is 4.90 Å². The number of piperazine rings is 1. The van der Waals surface area contributed by atoms with Crippen molar-refractivity contribution in [2.45, 2.75) is 95.7 Å². The topological polar surface area (TPSA) is 129 Å². The maximum atomic E-state index is 10.0. The third kappa shape index (κ3) is 5.29. The van der Waals surface area contributed by atoms with Crippen molar-refractivity contribution in [3.8, 4) is 23.5 Å². The number of nitrogens with two attached hydrogens (primary N) is 1. The summed E-state index contributed by atoms with van der Waals surface area (Å²) in [5.41, 5.74) is 9.83. The predicted molar refractivity (Wildman–Crippen MR) is 162 cm³/mol. The van der Waals surface area contributed by atoms with E-state index in [4.69, 9.17) is 25.0 Å². The van der Waals surface area contributed by atoms with Crippen LogP contribution in [0.4, 0.5) is 5.82 Å². The molecule has 2 aliphatic carbocycles. The summed E-state index contributed by atoms with van der Waals surface area (Å²) in [6.45, 7) is 11.9. The van der Waals surface area contributed by atoms with Crippen LogP contribution in [-0.2, 0) is 5.41 Å². The number of rotatable bonds is 7. The second-order valence-electron chi connectivity index (χ2n) is 13.1. The number of nitrogens with one attached hydrogen (secondary N) is 1. The summed E-state index contributed by atoms with van der Waals surface area (Å²) in [6.07, 6.45) is 7.44. The van der Waals surface area contributed by atoms with E-state index in [1.165, 1.54) is 24.8 Å². The van der Waals surface area contributed by atoms with Crippen molar-refractivity contribution < 1.29 is 9.26 Å². The maximum Gasteiger partial charge on any atom is 0.219 e. The average molecular weight is 573 g/mol. The normalized spacial score (nSPS) is 27.1. The van der Waals surface area contributed by atoms with Gasteiger partial charge in [-0.15, -0.1) is 0 Å². The molecule has 0 radical (unpaired) electrons. The van der Waals surface area contributed by atoms with E-state index in [0.29, 0.717) is 34.8 Å². The fourth-order valence-electron chi connectivity index (χ4n) is 7.34. The van der Waals surface area contributed by atoms with Crippen LogP contribution < -0.4 is 20.7 Å². The van der Waals surface area contributed by atoms with Crippen LogP contribution in [0.2, 0.25) is 0 Å². The Labute approximate surface area is 249 Å². The molecule has 2 saturated heterocycles. The molecule has 6 rings (SSSR count). The van der Waals surface area contributed by atoms with Crippen molar-refractivity contribution in [2.75, 3.05) is 38.1 Å². The van der Waals surface area contributed by atoms with E-state index in [1.807, 2.05) is 12.1 Å². The van der Waals surface area contributed by atoms with Gasteiger partial charge in [-0.2, -0.15) is 10.2 Å². The lowest BCUT2D eigenvalue weighted by Crippen LogP contribution is -2.52. The molecular formula is C32H44N8O2. The highest BCUT2D eigenvalue weighted by atomic mass is 16.5. The molecule has 0 amide bonds. The van der Waals surface area contributed by atoms with Crippen LogP contribution in [0.1, 0.15) is 78.3 Å². The molecule has 1 unspecified atom stereocenters. The van der Waals surface area contributed by atoms with E-state index >= 15 is 0 Å². The second-order valence-corrected chi connectivity index (χ2v) is 13.1. The van der Waals surface area contributed by atoms with Crippen LogP contribution in [0.15, 0.2) is 39.1 Å². The molecule has 1 spiro atoms. The molecule has 4 aliphatic rings. The number of hydrogen-bond acceptors (Lipinski definition) is 10. The van der Waals surface area contributed by atoms with Crippen LogP contribution in [-0.4, -0.2) is 70.9 Å². The van der Waals surface area contributed by atoms with Crippen LogP contribution in [0.5, 0.6) is 5.88 Å². The summed E-state index contributed by atoms with van der Waals surface area (Å²) in [5, 5.41) is 18.3. The Kier molecular flexibility index (Phi) is 7.52. The van der Waals surface area contributed by atoms with Gasteiger partial charge in [0.05, 0.1) is 11.3 Å². The first-order valence-corrected chi connectivity index (χ1v) is 15.4. The Morgan fingerprint density at radius 2 is 2.05 bits per heavy atom. The second kappa shape index (κ2) is 11.0. The van der Waals surface area contributed by atoms with E-state index in [1.54, 1.807) is 6.92 Å². The highest BCUT2D eigenvalue weighted by Crippen LogP contribution is 2.47. The lowest BCUT2D eigenvalue weighted by Gasteiger charge is -2.36. The van der Waals surface area contributed by atoms with Gasteiger partial charge in [-0.25, -0.2) is 4.98 Å². The summed E-state index contributed by atoms with van der Waals surface area (Å²) in [4.78, 5) is 14.6. The molecule has 1 saturated carbocycles. The van der Waals surface area contributed by atoms with Crippen LogP contribution in [0.3, 0.4) is 0 Å². The highest BCUT2D eigenvalue weighted by molar-refractivity contribution is 5.59. The Morgan fingerprint density at radius 3 is 2.74 bits per heavy atom. The van der Waals surface area contributed by atoms with Gasteiger partial charge in [-0.05, 0) is 91.8 Å². The first-order chi connectivity index (χ1) is 20.1. The van der Waals surface area contributed by atoms with Crippen molar-refractivity contribution in [1.29, 1.82) is 5.26 Å². The fraction of sp³-hybridized carbons (Fsp3) is 0.625. The molecule has 42 heavy (non-hydrogen) atoms. The number of likely N-dealkylation sites (tertiary alicyclic amines) is 1. The summed E-state index contributed by atoms with van der Waals surface area (Å²) in [7, 11) is 2.16. The third-order valence-corrected chi connectivity index (χ3v) is 9.93. The Hall–Kier alpha value is -3.42. The average Bonchev–Trinajstić information content (AvgIpc) is 3.33. The van der Waals surface area contributed by atoms with Gasteiger partial charge in [0.2, 0.25) is 17.5 Å². The minimum absolute atomic E-state index is 0.0105. The Morgan fingerprint density at radius 1 is 1.24 bits per heavy atom. The smallest absolute Gasteiger partial charge is 0.219 e. The Bertz CT molecular complexity index is 1450. The number of allylic oxidation sites excluding steroid dienone is 4. The standard InChI is InChI=1S/C32H44N8O2/c1-20-8-6-10-31(4,29(20)23(18-33)21(2)34)26-16-25(42-38-26)30-36-27(40-15-13-35-32(19-40)11-12-32)17-28(37-30)41-22(3)24-9-7-14-39(24)5/h16-17,22,24,35H,6-15,19,34H2,1-5H3/b23-21+/t22-,24?,31+/m0/s1. The van der Waals surface area contributed by atoms with Crippen LogP contribution >= 0.6 is 0 Å². The number of hydrogen-bond donors (Lipinski definition) is 2. The van der Waals surface area contributed by atoms with E-state index in [2.05, 4.69) is 54.2 Å². The maximum absolute atomic E-state index is 10.0.